The molecule has 0 unspecified atom stereocenters. The summed E-state index contributed by atoms with van der Waals surface area (Å²) in [6.45, 7) is 2.42. The number of aromatic nitrogens is 4. The Hall–Kier alpha value is -2.44. The summed E-state index contributed by atoms with van der Waals surface area (Å²) in [5.41, 5.74) is 3.62. The molecule has 0 bridgehead atoms. The van der Waals surface area contributed by atoms with Crippen LogP contribution < -0.4 is 5.32 Å². The van der Waals surface area contributed by atoms with E-state index in [1.54, 1.807) is 0 Å². The number of imidazole rings is 1. The Morgan fingerprint density at radius 2 is 2.08 bits per heavy atom. The van der Waals surface area contributed by atoms with Crippen molar-refractivity contribution in [2.45, 2.75) is 38.1 Å². The second-order valence-electron chi connectivity index (χ2n) is 6.92. The molecular weight excluding hydrogens is 326 g/mol. The molecule has 0 amide bonds. The van der Waals surface area contributed by atoms with Crippen LogP contribution in [0.1, 0.15) is 35.8 Å². The van der Waals surface area contributed by atoms with Gasteiger partial charge in [-0.2, -0.15) is 5.10 Å². The highest BCUT2D eigenvalue weighted by Crippen LogP contribution is 2.27. The van der Waals surface area contributed by atoms with Crippen LogP contribution in [-0.2, 0) is 24.9 Å². The van der Waals surface area contributed by atoms with E-state index in [0.717, 1.165) is 38.2 Å². The minimum atomic E-state index is 0.120. The third-order valence-corrected chi connectivity index (χ3v) is 4.94. The molecule has 136 valence electrons. The van der Waals surface area contributed by atoms with E-state index in [4.69, 9.17) is 4.74 Å². The molecule has 6 nitrogen and oxygen atoms in total. The van der Waals surface area contributed by atoms with Gasteiger partial charge < -0.3 is 14.6 Å². The lowest BCUT2D eigenvalue weighted by Crippen LogP contribution is -2.36. The molecule has 26 heavy (non-hydrogen) atoms. The normalized spacial score (nSPS) is 20.3. The molecule has 3 heterocycles. The maximum absolute atomic E-state index is 5.94. The molecule has 2 aromatic heterocycles. The minimum absolute atomic E-state index is 0.120. The Balaban J connectivity index is 1.31. The van der Waals surface area contributed by atoms with E-state index in [0.29, 0.717) is 6.04 Å². The summed E-state index contributed by atoms with van der Waals surface area (Å²) >= 11 is 0. The van der Waals surface area contributed by atoms with Crippen molar-refractivity contribution in [1.29, 1.82) is 0 Å². The molecule has 1 aliphatic rings. The van der Waals surface area contributed by atoms with Gasteiger partial charge in [-0.3, -0.25) is 4.68 Å². The molecule has 3 aromatic rings. The van der Waals surface area contributed by atoms with Crippen LogP contribution in [0.3, 0.4) is 0 Å². The van der Waals surface area contributed by atoms with Gasteiger partial charge in [0.05, 0.1) is 31.0 Å². The predicted octanol–water partition coefficient (Wildman–Crippen LogP) is 2.67. The smallest absolute Gasteiger partial charge is 0.100 e. The van der Waals surface area contributed by atoms with Gasteiger partial charge in [0.2, 0.25) is 0 Å². The van der Waals surface area contributed by atoms with E-state index in [9.17, 15) is 0 Å². The fraction of sp³-hybridized carbons (Fsp3) is 0.400. The van der Waals surface area contributed by atoms with Crippen molar-refractivity contribution < 1.29 is 4.74 Å². The maximum atomic E-state index is 5.94. The third kappa shape index (κ3) is 4.03. The molecule has 1 N–H and O–H groups in total. The zero-order valence-electron chi connectivity index (χ0n) is 15.1. The Labute approximate surface area is 153 Å². The number of hydrogen-bond acceptors (Lipinski definition) is 4. The standard InChI is InChI=1S/C20H25N5O/c1-24-15-21-12-19(24)20-9-18(7-8-26-20)22-10-17-11-23-25(14-17)13-16-5-3-2-4-6-16/h2-6,11-12,14-15,18,20,22H,7-10,13H2,1H3/t18-,20+/m1/s1. The Morgan fingerprint density at radius 1 is 1.19 bits per heavy atom. The molecule has 0 saturated carbocycles. The Morgan fingerprint density at radius 3 is 2.88 bits per heavy atom. The van der Waals surface area contributed by atoms with E-state index in [-0.39, 0.29) is 6.10 Å². The molecule has 4 rings (SSSR count). The first-order valence-electron chi connectivity index (χ1n) is 9.14. The zero-order chi connectivity index (χ0) is 17.8. The summed E-state index contributed by atoms with van der Waals surface area (Å²) in [6.07, 6.45) is 9.93. The number of nitrogens with zero attached hydrogens (tertiary/aromatic N) is 4. The first kappa shape index (κ1) is 17.0. The van der Waals surface area contributed by atoms with Crippen molar-refractivity contribution in [3.63, 3.8) is 0 Å². The average molecular weight is 351 g/mol. The summed E-state index contributed by atoms with van der Waals surface area (Å²) in [7, 11) is 2.02. The molecule has 6 heteroatoms. The number of rotatable bonds is 6. The van der Waals surface area contributed by atoms with Gasteiger partial charge in [-0.05, 0) is 18.4 Å². The largest absolute Gasteiger partial charge is 0.372 e. The molecular formula is C20H25N5O. The Kier molecular flexibility index (Phi) is 5.13. The van der Waals surface area contributed by atoms with Crippen LogP contribution in [0, 0.1) is 0 Å². The van der Waals surface area contributed by atoms with Crippen molar-refractivity contribution in [3.8, 4) is 0 Å². The van der Waals surface area contributed by atoms with Gasteiger partial charge in [0.1, 0.15) is 6.10 Å². The highest BCUT2D eigenvalue weighted by atomic mass is 16.5. The Bertz CT molecular complexity index is 826. The highest BCUT2D eigenvalue weighted by Gasteiger charge is 2.25. The number of aryl methyl sites for hydroxylation is 1. The summed E-state index contributed by atoms with van der Waals surface area (Å²) in [4.78, 5) is 4.20. The van der Waals surface area contributed by atoms with Crippen LogP contribution in [0.25, 0.3) is 0 Å². The van der Waals surface area contributed by atoms with E-state index < -0.39 is 0 Å². The average Bonchev–Trinajstić information content (AvgIpc) is 3.30. The predicted molar refractivity (Wildman–Crippen MR) is 99.5 cm³/mol. The summed E-state index contributed by atoms with van der Waals surface area (Å²) in [5.74, 6) is 0. The molecule has 0 spiro atoms. The quantitative estimate of drug-likeness (QED) is 0.742. The van der Waals surface area contributed by atoms with E-state index in [2.05, 4.69) is 45.9 Å². The lowest BCUT2D eigenvalue weighted by atomic mass is 10.0. The van der Waals surface area contributed by atoms with Crippen LogP contribution in [0.4, 0.5) is 0 Å². The van der Waals surface area contributed by atoms with Gasteiger partial charge in [0.15, 0.2) is 0 Å². The molecule has 1 fully saturated rings. The second-order valence-corrected chi connectivity index (χ2v) is 6.92. The summed E-state index contributed by atoms with van der Waals surface area (Å²) < 4.78 is 9.98. The minimum Gasteiger partial charge on any atom is -0.372 e. The maximum Gasteiger partial charge on any atom is 0.100 e. The number of hydrogen-bond donors (Lipinski definition) is 1. The van der Waals surface area contributed by atoms with Crippen LogP contribution in [0.15, 0.2) is 55.2 Å². The van der Waals surface area contributed by atoms with Crippen molar-refractivity contribution >= 4 is 0 Å². The van der Waals surface area contributed by atoms with Crippen LogP contribution >= 0.6 is 0 Å². The van der Waals surface area contributed by atoms with Crippen LogP contribution in [-0.4, -0.2) is 32.0 Å². The van der Waals surface area contributed by atoms with Crippen molar-refractivity contribution in [2.75, 3.05) is 6.61 Å². The second kappa shape index (κ2) is 7.85. The lowest BCUT2D eigenvalue weighted by Gasteiger charge is -2.30. The summed E-state index contributed by atoms with van der Waals surface area (Å²) in [5, 5.41) is 8.15. The van der Waals surface area contributed by atoms with Gasteiger partial charge in [-0.1, -0.05) is 30.3 Å². The van der Waals surface area contributed by atoms with E-state index >= 15 is 0 Å². The van der Waals surface area contributed by atoms with Crippen LogP contribution in [0.5, 0.6) is 0 Å². The first-order valence-corrected chi connectivity index (χ1v) is 9.14. The molecule has 0 radical (unpaired) electrons. The fourth-order valence-corrected chi connectivity index (χ4v) is 3.48. The number of nitrogens with one attached hydrogen (secondary N) is 1. The van der Waals surface area contributed by atoms with Gasteiger partial charge >= 0.3 is 0 Å². The molecule has 1 aliphatic heterocycles. The third-order valence-electron chi connectivity index (χ3n) is 4.94. The van der Waals surface area contributed by atoms with Crippen molar-refractivity contribution in [3.05, 3.63) is 72.1 Å². The first-order chi connectivity index (χ1) is 12.8. The lowest BCUT2D eigenvalue weighted by molar-refractivity contribution is -0.00404. The monoisotopic (exact) mass is 351 g/mol. The summed E-state index contributed by atoms with van der Waals surface area (Å²) in [6, 6.07) is 10.9. The van der Waals surface area contributed by atoms with Crippen molar-refractivity contribution in [1.82, 2.24) is 24.6 Å². The molecule has 2 atom stereocenters. The van der Waals surface area contributed by atoms with E-state index in [1.807, 2.05) is 41.1 Å². The van der Waals surface area contributed by atoms with E-state index in [1.165, 1.54) is 11.1 Å². The molecule has 1 saturated heterocycles. The number of ether oxygens (including phenoxy) is 1. The topological polar surface area (TPSA) is 56.9 Å². The SMILES string of the molecule is Cn1cncc1[C@@H]1C[C@H](NCc2cnn(Cc3ccccc3)c2)CCO1. The van der Waals surface area contributed by atoms with Crippen LogP contribution in [0.2, 0.25) is 0 Å². The van der Waals surface area contributed by atoms with Crippen molar-refractivity contribution in [2.24, 2.45) is 7.05 Å². The fourth-order valence-electron chi connectivity index (χ4n) is 3.48. The molecule has 1 aromatic carbocycles. The number of benzene rings is 1. The highest BCUT2D eigenvalue weighted by molar-refractivity contribution is 5.15. The zero-order valence-corrected chi connectivity index (χ0v) is 15.1. The van der Waals surface area contributed by atoms with Gasteiger partial charge in [0.25, 0.3) is 0 Å². The van der Waals surface area contributed by atoms with Gasteiger partial charge in [-0.25, -0.2) is 4.98 Å². The molecule has 0 aliphatic carbocycles. The van der Waals surface area contributed by atoms with Gasteiger partial charge in [-0.15, -0.1) is 0 Å². The van der Waals surface area contributed by atoms with Gasteiger partial charge in [0, 0.05) is 38.0 Å².